The van der Waals surface area contributed by atoms with Crippen molar-refractivity contribution in [3.05, 3.63) is 35.3 Å². The van der Waals surface area contributed by atoms with Crippen molar-refractivity contribution in [2.75, 3.05) is 23.4 Å². The molecule has 13 nitrogen and oxygen atoms in total. The summed E-state index contributed by atoms with van der Waals surface area (Å²) in [7, 11) is 1.67. The van der Waals surface area contributed by atoms with Crippen LogP contribution in [0.4, 0.5) is 5.69 Å². The number of tetrazole rings is 1. The van der Waals surface area contributed by atoms with Gasteiger partial charge in [0.25, 0.3) is 12.6 Å². The Balaban J connectivity index is 1.48. The SMILES string of the molecule is Cn1nnnc1SCC1=C(C(=O)O)N2C(=O)[C@@H](Nc3cc[n+](COCC(Cl)(Cl)Cl)cc3C(=O)O)[C@H]2SC1. The Hall–Kier alpha value is -2.30. The van der Waals surface area contributed by atoms with Gasteiger partial charge in [-0.15, -0.1) is 16.9 Å². The second-order valence-corrected chi connectivity index (χ2v) is 12.4. The number of aromatic nitrogens is 5. The Morgan fingerprint density at radius 3 is 2.73 bits per heavy atom. The van der Waals surface area contributed by atoms with Crippen molar-refractivity contribution in [1.82, 2.24) is 25.1 Å². The summed E-state index contributed by atoms with van der Waals surface area (Å²) in [5.41, 5.74) is 0.566. The number of fused-ring (bicyclic) bond motifs is 1. The zero-order valence-electron chi connectivity index (χ0n) is 18.9. The first-order valence-corrected chi connectivity index (χ1v) is 13.6. The van der Waals surface area contributed by atoms with Crippen LogP contribution in [0.1, 0.15) is 10.4 Å². The van der Waals surface area contributed by atoms with Crippen molar-refractivity contribution in [2.24, 2.45) is 7.05 Å². The van der Waals surface area contributed by atoms with Gasteiger partial charge in [0, 0.05) is 24.6 Å². The molecule has 0 bridgehead atoms. The van der Waals surface area contributed by atoms with Gasteiger partial charge in [0.1, 0.15) is 29.3 Å². The summed E-state index contributed by atoms with van der Waals surface area (Å²) in [5.74, 6) is -2.27. The Morgan fingerprint density at radius 2 is 2.11 bits per heavy atom. The summed E-state index contributed by atoms with van der Waals surface area (Å²) in [6, 6.07) is 0.669. The molecule has 198 valence electrons. The van der Waals surface area contributed by atoms with Gasteiger partial charge < -0.3 is 20.3 Å². The van der Waals surface area contributed by atoms with Gasteiger partial charge in [-0.1, -0.05) is 46.6 Å². The van der Waals surface area contributed by atoms with E-state index in [1.165, 1.54) is 49.9 Å². The first kappa shape index (κ1) is 27.7. The maximum Gasteiger partial charge on any atom is 0.352 e. The zero-order chi connectivity index (χ0) is 26.9. The van der Waals surface area contributed by atoms with Crippen molar-refractivity contribution < 1.29 is 33.9 Å². The normalized spacial score (nSPS) is 19.5. The van der Waals surface area contributed by atoms with Crippen LogP contribution in [-0.4, -0.2) is 86.5 Å². The third kappa shape index (κ3) is 6.23. The van der Waals surface area contributed by atoms with Gasteiger partial charge in [0.05, 0.1) is 5.69 Å². The number of aromatic carboxylic acids is 1. The fraction of sp³-hybridized carbons (Fsp3) is 0.421. The molecule has 1 amide bonds. The van der Waals surface area contributed by atoms with Crippen LogP contribution in [-0.2, 0) is 28.1 Å². The molecule has 4 rings (SSSR count). The summed E-state index contributed by atoms with van der Waals surface area (Å²) in [4.78, 5) is 38.2. The van der Waals surface area contributed by atoms with Crippen molar-refractivity contribution >= 4 is 81.9 Å². The predicted molar refractivity (Wildman–Crippen MR) is 135 cm³/mol. The highest BCUT2D eigenvalue weighted by atomic mass is 35.6. The number of carboxylic acids is 2. The molecule has 1 saturated heterocycles. The largest absolute Gasteiger partial charge is 0.477 e. The zero-order valence-corrected chi connectivity index (χ0v) is 22.8. The van der Waals surface area contributed by atoms with E-state index in [4.69, 9.17) is 39.5 Å². The second-order valence-electron chi connectivity index (χ2n) is 7.85. The molecule has 0 radical (unpaired) electrons. The lowest BCUT2D eigenvalue weighted by Gasteiger charge is -2.49. The van der Waals surface area contributed by atoms with Crippen LogP contribution in [0.15, 0.2) is 34.9 Å². The fourth-order valence-electron chi connectivity index (χ4n) is 3.64. The van der Waals surface area contributed by atoms with Crippen LogP contribution >= 0.6 is 58.3 Å². The summed E-state index contributed by atoms with van der Waals surface area (Å²) < 4.78 is 6.57. The standard InChI is InChI=1S/C19H18Cl3N7O6S2/c1-27-18(24-25-26-27)37-6-9-5-36-15-12(14(30)29(15)13(9)17(33)34)23-11-2-3-28(4-10(11)16(31)32)8-35-7-19(20,21)22/h2-4,12,15H,5-8H2,1H3,(H2,31,32,33,34)/p+1/t12-,15-/m1/s1. The summed E-state index contributed by atoms with van der Waals surface area (Å²) in [6.07, 6.45) is 2.86. The smallest absolute Gasteiger partial charge is 0.352 e. The number of β-lactam (4-membered cyclic amide) rings is 1. The number of ether oxygens (including phenoxy) is 1. The third-order valence-corrected chi connectivity index (χ3v) is 8.04. The van der Waals surface area contributed by atoms with Gasteiger partial charge in [0.2, 0.25) is 8.95 Å². The number of carbonyl (C=O) groups excluding carboxylic acids is 1. The number of aliphatic carboxylic acids is 1. The summed E-state index contributed by atoms with van der Waals surface area (Å²) in [5, 5.41) is 33.7. The Bertz CT molecular complexity index is 1270. The first-order chi connectivity index (χ1) is 17.5. The van der Waals surface area contributed by atoms with E-state index >= 15 is 0 Å². The number of alkyl halides is 3. The maximum absolute atomic E-state index is 13.0. The second kappa shape index (κ2) is 11.2. The number of thioether (sulfide) groups is 2. The Labute approximate surface area is 233 Å². The molecule has 0 unspecified atom stereocenters. The number of pyridine rings is 1. The number of halogens is 3. The molecule has 0 aromatic carbocycles. The van der Waals surface area contributed by atoms with Crippen LogP contribution in [0.5, 0.6) is 0 Å². The molecule has 2 aliphatic rings. The topological polar surface area (TPSA) is 164 Å². The van der Waals surface area contributed by atoms with Gasteiger partial charge in [-0.2, -0.15) is 4.57 Å². The van der Waals surface area contributed by atoms with Gasteiger partial charge in [-0.3, -0.25) is 9.69 Å². The summed E-state index contributed by atoms with van der Waals surface area (Å²) in [6.45, 7) is -0.269. The highest BCUT2D eigenvalue weighted by Gasteiger charge is 2.53. The number of nitrogens with one attached hydrogen (secondary N) is 1. The maximum atomic E-state index is 13.0. The summed E-state index contributed by atoms with van der Waals surface area (Å²) >= 11 is 19.6. The molecule has 1 fully saturated rings. The molecule has 2 atom stereocenters. The van der Waals surface area contributed by atoms with Crippen LogP contribution in [0, 0.1) is 0 Å². The minimum atomic E-state index is -1.61. The number of carboxylic acid groups (broad SMARTS) is 2. The molecule has 0 saturated carbocycles. The minimum absolute atomic E-state index is 0.0684. The molecule has 0 aliphatic carbocycles. The van der Waals surface area contributed by atoms with Crippen LogP contribution < -0.4 is 9.88 Å². The van der Waals surface area contributed by atoms with Gasteiger partial charge in [-0.25, -0.2) is 14.3 Å². The van der Waals surface area contributed by atoms with Crippen molar-refractivity contribution in [3.8, 4) is 0 Å². The van der Waals surface area contributed by atoms with Crippen molar-refractivity contribution in [3.63, 3.8) is 0 Å². The Kier molecular flexibility index (Phi) is 8.40. The van der Waals surface area contributed by atoms with Crippen LogP contribution in [0.25, 0.3) is 0 Å². The molecule has 18 heteroatoms. The number of hydrogen-bond acceptors (Lipinski definition) is 10. The lowest BCUT2D eigenvalue weighted by atomic mass is 10.0. The van der Waals surface area contributed by atoms with E-state index in [1.54, 1.807) is 13.2 Å². The fourth-order valence-corrected chi connectivity index (χ4v) is 6.21. The number of nitrogens with zero attached hydrogens (tertiary/aromatic N) is 6. The van der Waals surface area contributed by atoms with Crippen LogP contribution in [0.3, 0.4) is 0 Å². The van der Waals surface area contributed by atoms with Crippen LogP contribution in [0.2, 0.25) is 0 Å². The van der Waals surface area contributed by atoms with E-state index < -0.39 is 33.1 Å². The highest BCUT2D eigenvalue weighted by molar-refractivity contribution is 8.01. The quantitative estimate of drug-likeness (QED) is 0.153. The predicted octanol–water partition coefficient (Wildman–Crippen LogP) is 1.37. The van der Waals surface area contributed by atoms with E-state index in [0.717, 1.165) is 0 Å². The molecule has 2 aliphatic heterocycles. The lowest BCUT2D eigenvalue weighted by molar-refractivity contribution is -0.732. The van der Waals surface area contributed by atoms with E-state index in [1.807, 2.05) is 0 Å². The molecule has 37 heavy (non-hydrogen) atoms. The van der Waals surface area contributed by atoms with Crippen molar-refractivity contribution in [2.45, 2.75) is 27.1 Å². The lowest BCUT2D eigenvalue weighted by Crippen LogP contribution is -2.67. The minimum Gasteiger partial charge on any atom is -0.477 e. The number of rotatable bonds is 10. The molecule has 3 N–H and O–H groups in total. The Morgan fingerprint density at radius 1 is 1.35 bits per heavy atom. The number of carbonyl (C=O) groups is 3. The first-order valence-electron chi connectivity index (χ1n) is 10.4. The van der Waals surface area contributed by atoms with E-state index in [9.17, 15) is 24.6 Å². The molecule has 4 heterocycles. The highest BCUT2D eigenvalue weighted by Crippen LogP contribution is 2.42. The monoisotopic (exact) mass is 610 g/mol. The molecule has 0 spiro atoms. The third-order valence-electron chi connectivity index (χ3n) is 5.27. The van der Waals surface area contributed by atoms with E-state index in [0.29, 0.717) is 22.2 Å². The average Bonchev–Trinajstić information content (AvgIpc) is 3.24. The number of anilines is 1. The number of hydrogen-bond donors (Lipinski definition) is 3. The van der Waals surface area contributed by atoms with Gasteiger partial charge >= 0.3 is 11.9 Å². The van der Waals surface area contributed by atoms with Crippen molar-refractivity contribution in [1.29, 1.82) is 0 Å². The number of aryl methyl sites for hydroxylation is 1. The molecule has 2 aromatic heterocycles. The van der Waals surface area contributed by atoms with Gasteiger partial charge in [-0.05, 0) is 16.0 Å². The molecular formula is C19H19Cl3N7O6S2+. The number of amides is 1. The molecule has 2 aromatic rings. The van der Waals surface area contributed by atoms with E-state index in [-0.39, 0.29) is 30.3 Å². The van der Waals surface area contributed by atoms with E-state index in [2.05, 4.69) is 20.8 Å². The molecular weight excluding hydrogens is 593 g/mol. The average molecular weight is 612 g/mol. The van der Waals surface area contributed by atoms with Gasteiger partial charge in [0.15, 0.2) is 12.4 Å².